The van der Waals surface area contributed by atoms with Gasteiger partial charge in [0.25, 0.3) is 0 Å². The Morgan fingerprint density at radius 2 is 2.22 bits per heavy atom. The predicted octanol–water partition coefficient (Wildman–Crippen LogP) is 1.51. The molecule has 0 fully saturated rings. The summed E-state index contributed by atoms with van der Waals surface area (Å²) in [5.41, 5.74) is 1.02. The maximum Gasteiger partial charge on any atom is 0.0964 e. The van der Waals surface area contributed by atoms with Gasteiger partial charge in [-0.2, -0.15) is 0 Å². The predicted molar refractivity (Wildman–Crippen MR) is 74.4 cm³/mol. The van der Waals surface area contributed by atoms with Crippen molar-refractivity contribution in [2.24, 2.45) is 0 Å². The Kier molecular flexibility index (Phi) is 6.90. The highest BCUT2D eigenvalue weighted by Crippen LogP contribution is 2.00. The molecule has 0 aliphatic rings. The third kappa shape index (κ3) is 5.14. The van der Waals surface area contributed by atoms with Crippen LogP contribution in [0.4, 0.5) is 0 Å². The average molecular weight is 253 g/mol. The van der Waals surface area contributed by atoms with Crippen LogP contribution in [0, 0.1) is 0 Å². The van der Waals surface area contributed by atoms with E-state index in [1.807, 2.05) is 10.9 Å². The Balaban J connectivity index is 2.30. The summed E-state index contributed by atoms with van der Waals surface area (Å²) in [6, 6.07) is 0.624. The lowest BCUT2D eigenvalue weighted by molar-refractivity contribution is 0.238. The van der Waals surface area contributed by atoms with Gasteiger partial charge in [-0.1, -0.05) is 19.1 Å². The van der Waals surface area contributed by atoms with Crippen molar-refractivity contribution in [1.29, 1.82) is 0 Å². The lowest BCUT2D eigenvalue weighted by Crippen LogP contribution is -2.31. The minimum atomic E-state index is 0.624. The Labute approximate surface area is 111 Å². The molecule has 1 unspecified atom stereocenters. The largest absolute Gasteiger partial charge is 0.311 e. The highest BCUT2D eigenvalue weighted by molar-refractivity contribution is 4.91. The molecule has 0 radical (unpaired) electrons. The molecule has 5 heteroatoms. The molecule has 18 heavy (non-hydrogen) atoms. The summed E-state index contributed by atoms with van der Waals surface area (Å²) in [6.07, 6.45) is 4.36. The number of likely N-dealkylation sites (N-methyl/N-ethyl adjacent to an activating group) is 1. The molecule has 0 bridgehead atoms. The van der Waals surface area contributed by atoms with Crippen molar-refractivity contribution in [3.8, 4) is 0 Å². The second-order valence-corrected chi connectivity index (χ2v) is 4.89. The van der Waals surface area contributed by atoms with Gasteiger partial charge in [-0.15, -0.1) is 5.10 Å². The van der Waals surface area contributed by atoms with Gasteiger partial charge in [-0.3, -0.25) is 4.68 Å². The zero-order valence-corrected chi connectivity index (χ0v) is 12.2. The van der Waals surface area contributed by atoms with E-state index in [1.54, 1.807) is 0 Å². The first kappa shape index (κ1) is 15.1. The van der Waals surface area contributed by atoms with E-state index < -0.39 is 0 Å². The SMILES string of the molecule is CCCNCc1cn(CCN(C)C(C)CC)nn1. The first-order chi connectivity index (χ1) is 8.67. The number of hydrogen-bond acceptors (Lipinski definition) is 4. The minimum Gasteiger partial charge on any atom is -0.311 e. The topological polar surface area (TPSA) is 46.0 Å². The van der Waals surface area contributed by atoms with Crippen LogP contribution in [-0.4, -0.2) is 46.1 Å². The first-order valence-electron chi connectivity index (χ1n) is 6.97. The third-order valence-corrected chi connectivity index (χ3v) is 3.34. The molecule has 0 aliphatic carbocycles. The van der Waals surface area contributed by atoms with E-state index in [0.29, 0.717) is 6.04 Å². The van der Waals surface area contributed by atoms with Crippen molar-refractivity contribution in [3.05, 3.63) is 11.9 Å². The summed E-state index contributed by atoms with van der Waals surface area (Å²) in [5.74, 6) is 0. The van der Waals surface area contributed by atoms with Crippen LogP contribution in [-0.2, 0) is 13.1 Å². The van der Waals surface area contributed by atoms with Crippen LogP contribution in [0.2, 0.25) is 0 Å². The Morgan fingerprint density at radius 3 is 2.89 bits per heavy atom. The van der Waals surface area contributed by atoms with Crippen molar-refractivity contribution < 1.29 is 0 Å². The van der Waals surface area contributed by atoms with Crippen LogP contribution >= 0.6 is 0 Å². The van der Waals surface area contributed by atoms with Crippen LogP contribution in [0.5, 0.6) is 0 Å². The molecule has 1 aromatic heterocycles. The lowest BCUT2D eigenvalue weighted by atomic mass is 10.2. The minimum absolute atomic E-state index is 0.624. The van der Waals surface area contributed by atoms with Gasteiger partial charge in [0, 0.05) is 25.3 Å². The molecular weight excluding hydrogens is 226 g/mol. The summed E-state index contributed by atoms with van der Waals surface area (Å²) in [7, 11) is 2.16. The fourth-order valence-electron chi connectivity index (χ4n) is 1.71. The molecule has 1 N–H and O–H groups in total. The summed E-state index contributed by atoms with van der Waals surface area (Å²) >= 11 is 0. The van der Waals surface area contributed by atoms with Crippen molar-refractivity contribution in [2.45, 2.75) is 52.7 Å². The maximum atomic E-state index is 4.16. The van der Waals surface area contributed by atoms with Gasteiger partial charge >= 0.3 is 0 Å². The number of hydrogen-bond donors (Lipinski definition) is 1. The molecule has 0 spiro atoms. The molecule has 1 atom stereocenters. The summed E-state index contributed by atoms with van der Waals surface area (Å²) in [4.78, 5) is 2.36. The smallest absolute Gasteiger partial charge is 0.0964 e. The van der Waals surface area contributed by atoms with E-state index >= 15 is 0 Å². The highest BCUT2D eigenvalue weighted by atomic mass is 15.4. The second kappa shape index (κ2) is 8.21. The van der Waals surface area contributed by atoms with Crippen molar-refractivity contribution in [3.63, 3.8) is 0 Å². The lowest BCUT2D eigenvalue weighted by Gasteiger charge is -2.22. The normalized spacial score (nSPS) is 13.2. The molecule has 0 aliphatic heterocycles. The standard InChI is InChI=1S/C13H27N5/c1-5-7-14-10-13-11-18(16-15-13)9-8-17(4)12(3)6-2/h11-12,14H,5-10H2,1-4H3. The van der Waals surface area contributed by atoms with Gasteiger partial charge in [-0.25, -0.2) is 0 Å². The number of nitrogens with zero attached hydrogens (tertiary/aromatic N) is 4. The quantitative estimate of drug-likeness (QED) is 0.678. The van der Waals surface area contributed by atoms with Crippen molar-refractivity contribution in [1.82, 2.24) is 25.2 Å². The van der Waals surface area contributed by atoms with E-state index in [0.717, 1.165) is 38.3 Å². The van der Waals surface area contributed by atoms with E-state index in [9.17, 15) is 0 Å². The molecular formula is C13H27N5. The Hall–Kier alpha value is -0.940. The third-order valence-electron chi connectivity index (χ3n) is 3.34. The Bertz CT molecular complexity index is 323. The van der Waals surface area contributed by atoms with Gasteiger partial charge in [0.15, 0.2) is 0 Å². The molecule has 1 aromatic rings. The fourth-order valence-corrected chi connectivity index (χ4v) is 1.71. The summed E-state index contributed by atoms with van der Waals surface area (Å²) in [6.45, 7) is 10.4. The molecule has 0 amide bonds. The maximum absolute atomic E-state index is 4.16. The van der Waals surface area contributed by atoms with E-state index in [4.69, 9.17) is 0 Å². The average Bonchev–Trinajstić information content (AvgIpc) is 2.83. The monoisotopic (exact) mass is 253 g/mol. The van der Waals surface area contributed by atoms with Gasteiger partial charge in [0.1, 0.15) is 0 Å². The highest BCUT2D eigenvalue weighted by Gasteiger charge is 2.07. The van der Waals surface area contributed by atoms with Crippen LogP contribution < -0.4 is 5.32 Å². The van der Waals surface area contributed by atoms with Crippen molar-refractivity contribution in [2.75, 3.05) is 20.1 Å². The number of rotatable bonds is 9. The van der Waals surface area contributed by atoms with Gasteiger partial charge < -0.3 is 10.2 Å². The van der Waals surface area contributed by atoms with Gasteiger partial charge in [-0.05, 0) is 33.4 Å². The van der Waals surface area contributed by atoms with Crippen LogP contribution in [0.15, 0.2) is 6.20 Å². The Morgan fingerprint density at radius 1 is 1.44 bits per heavy atom. The number of aromatic nitrogens is 3. The fraction of sp³-hybridized carbons (Fsp3) is 0.846. The molecule has 5 nitrogen and oxygen atoms in total. The van der Waals surface area contributed by atoms with E-state index in [1.165, 1.54) is 6.42 Å². The van der Waals surface area contributed by atoms with Crippen LogP contribution in [0.3, 0.4) is 0 Å². The summed E-state index contributed by atoms with van der Waals surface area (Å²) in [5, 5.41) is 11.6. The van der Waals surface area contributed by atoms with Crippen molar-refractivity contribution >= 4 is 0 Å². The zero-order valence-electron chi connectivity index (χ0n) is 12.2. The molecule has 0 aromatic carbocycles. The first-order valence-corrected chi connectivity index (χ1v) is 6.97. The van der Waals surface area contributed by atoms with Crippen LogP contribution in [0.1, 0.15) is 39.3 Å². The van der Waals surface area contributed by atoms with Gasteiger partial charge in [0.05, 0.1) is 12.2 Å². The van der Waals surface area contributed by atoms with E-state index in [2.05, 4.69) is 48.3 Å². The van der Waals surface area contributed by atoms with E-state index in [-0.39, 0.29) is 0 Å². The molecule has 104 valence electrons. The molecule has 0 saturated carbocycles. The van der Waals surface area contributed by atoms with Gasteiger partial charge in [0.2, 0.25) is 0 Å². The molecule has 1 rings (SSSR count). The number of nitrogens with one attached hydrogen (secondary N) is 1. The van der Waals surface area contributed by atoms with Crippen LogP contribution in [0.25, 0.3) is 0 Å². The molecule has 1 heterocycles. The summed E-state index contributed by atoms with van der Waals surface area (Å²) < 4.78 is 1.93. The molecule has 0 saturated heterocycles. The zero-order chi connectivity index (χ0) is 13.4. The second-order valence-electron chi connectivity index (χ2n) is 4.89.